The molecule has 0 saturated heterocycles. The van der Waals surface area contributed by atoms with Gasteiger partial charge >= 0.3 is 0 Å². The van der Waals surface area contributed by atoms with Crippen molar-refractivity contribution in [3.63, 3.8) is 0 Å². The number of hydrogen-bond donors (Lipinski definition) is 3. The van der Waals surface area contributed by atoms with Crippen LogP contribution < -0.4 is 15.8 Å². The third-order valence-corrected chi connectivity index (χ3v) is 5.72. The van der Waals surface area contributed by atoms with Gasteiger partial charge in [-0.1, -0.05) is 30.3 Å². The van der Waals surface area contributed by atoms with Crippen LogP contribution in [0.4, 0.5) is 5.69 Å². The number of nitrogens with one attached hydrogen (secondary N) is 1. The van der Waals surface area contributed by atoms with Crippen LogP contribution in [0.3, 0.4) is 0 Å². The standard InChI is InChI=1S/C24H20N2O3S.CH5N.CH2O/c1-25-14-19(30-15-16-6-9-18(27)10-7-16)12-17-8-11-23-21(13-17)26-24(28)20-4-2-3-5-22(20)29-23;2*1-2/h2-11,13-14,27H,1,12,15H2,(H,26,28);2H2,1H3;1H2/b19-14-;;. The molecule has 0 unspecified atom stereocenters. The van der Waals surface area contributed by atoms with Crippen molar-refractivity contribution in [1.82, 2.24) is 0 Å². The van der Waals surface area contributed by atoms with Gasteiger partial charge in [0.15, 0.2) is 5.75 Å². The smallest absolute Gasteiger partial charge is 0.259 e. The van der Waals surface area contributed by atoms with E-state index in [0.717, 1.165) is 21.8 Å². The molecule has 7 nitrogen and oxygen atoms in total. The zero-order valence-corrected chi connectivity index (χ0v) is 19.7. The predicted molar refractivity (Wildman–Crippen MR) is 139 cm³/mol. The van der Waals surface area contributed by atoms with E-state index in [4.69, 9.17) is 9.53 Å². The van der Waals surface area contributed by atoms with Crippen molar-refractivity contribution in [2.24, 2.45) is 10.7 Å². The van der Waals surface area contributed by atoms with Crippen molar-refractivity contribution >= 4 is 36.9 Å². The van der Waals surface area contributed by atoms with Crippen molar-refractivity contribution in [2.45, 2.75) is 12.2 Å². The summed E-state index contributed by atoms with van der Waals surface area (Å²) in [6.07, 6.45) is 2.40. The molecule has 1 aliphatic rings. The zero-order chi connectivity index (χ0) is 24.9. The molecule has 0 atom stereocenters. The quantitative estimate of drug-likeness (QED) is 0.423. The van der Waals surface area contributed by atoms with E-state index in [0.29, 0.717) is 29.2 Å². The highest BCUT2D eigenvalue weighted by atomic mass is 32.2. The van der Waals surface area contributed by atoms with Gasteiger partial charge in [0, 0.05) is 23.3 Å². The second-order valence-electron chi connectivity index (χ2n) is 6.79. The Hall–Kier alpha value is -3.88. The summed E-state index contributed by atoms with van der Waals surface area (Å²) in [5, 5.41) is 12.4. The van der Waals surface area contributed by atoms with Crippen molar-refractivity contribution in [3.05, 3.63) is 94.5 Å². The molecule has 0 aliphatic carbocycles. The molecule has 0 aromatic heterocycles. The van der Waals surface area contributed by atoms with Gasteiger partial charge in [0.2, 0.25) is 0 Å². The third-order valence-electron chi connectivity index (χ3n) is 4.62. The number of nitrogens with two attached hydrogens (primary N) is 1. The molecule has 4 rings (SSSR count). The monoisotopic (exact) mass is 477 g/mol. The summed E-state index contributed by atoms with van der Waals surface area (Å²) in [6, 6.07) is 20.1. The van der Waals surface area contributed by atoms with Crippen LogP contribution in [0.15, 0.2) is 82.8 Å². The number of fused-ring (bicyclic) bond motifs is 2. The molecule has 0 radical (unpaired) electrons. The fourth-order valence-corrected chi connectivity index (χ4v) is 4.09. The lowest BCUT2D eigenvalue weighted by Gasteiger charge is -2.11. The summed E-state index contributed by atoms with van der Waals surface area (Å²) < 4.78 is 5.94. The maximum absolute atomic E-state index is 12.5. The average molecular weight is 478 g/mol. The maximum Gasteiger partial charge on any atom is 0.259 e. The van der Waals surface area contributed by atoms with Gasteiger partial charge in [-0.3, -0.25) is 9.79 Å². The van der Waals surface area contributed by atoms with Gasteiger partial charge in [0.05, 0.1) is 11.3 Å². The Kier molecular flexibility index (Phi) is 10.6. The van der Waals surface area contributed by atoms with Crippen LogP contribution in [0, 0.1) is 0 Å². The summed E-state index contributed by atoms with van der Waals surface area (Å²) in [7, 11) is 1.50. The van der Waals surface area contributed by atoms with Crippen LogP contribution in [0.25, 0.3) is 0 Å². The number of phenols is 1. The van der Waals surface area contributed by atoms with Crippen molar-refractivity contribution in [2.75, 3.05) is 12.4 Å². The highest BCUT2D eigenvalue weighted by molar-refractivity contribution is 8.02. The highest BCUT2D eigenvalue weighted by Gasteiger charge is 2.20. The number of nitrogens with zero attached hydrogens (tertiary/aromatic N) is 1. The number of thioether (sulfide) groups is 1. The minimum absolute atomic E-state index is 0.188. The van der Waals surface area contributed by atoms with Crippen molar-refractivity contribution in [1.29, 1.82) is 0 Å². The summed E-state index contributed by atoms with van der Waals surface area (Å²) in [4.78, 5) is 25.5. The molecule has 1 heterocycles. The summed E-state index contributed by atoms with van der Waals surface area (Å²) in [5.41, 5.74) is 7.78. The van der Waals surface area contributed by atoms with E-state index >= 15 is 0 Å². The fourth-order valence-electron chi connectivity index (χ4n) is 3.13. The Balaban J connectivity index is 0.000000970. The van der Waals surface area contributed by atoms with Crippen LogP contribution in [0.5, 0.6) is 17.2 Å². The summed E-state index contributed by atoms with van der Waals surface area (Å²) in [6.45, 7) is 5.57. The number of carbonyl (C=O) groups excluding carboxylic acids is 2. The molecule has 0 bridgehead atoms. The topological polar surface area (TPSA) is 114 Å². The number of benzene rings is 3. The highest BCUT2D eigenvalue weighted by Crippen LogP contribution is 2.37. The molecule has 0 saturated carbocycles. The van der Waals surface area contributed by atoms with E-state index in [9.17, 15) is 9.90 Å². The van der Waals surface area contributed by atoms with E-state index in [1.54, 1.807) is 42.2 Å². The van der Waals surface area contributed by atoms with Crippen LogP contribution in [0.1, 0.15) is 21.5 Å². The van der Waals surface area contributed by atoms with Crippen LogP contribution in [-0.4, -0.2) is 31.6 Å². The fraction of sp³-hybridized carbons (Fsp3) is 0.115. The molecule has 34 heavy (non-hydrogen) atoms. The number of anilines is 1. The van der Waals surface area contributed by atoms with E-state index in [2.05, 4.69) is 22.8 Å². The first kappa shape index (κ1) is 26.4. The lowest BCUT2D eigenvalue weighted by Crippen LogP contribution is -2.10. The largest absolute Gasteiger partial charge is 0.508 e. The molecule has 4 N–H and O–H groups in total. The Labute approximate surface area is 203 Å². The maximum atomic E-state index is 12.5. The lowest BCUT2D eigenvalue weighted by atomic mass is 10.1. The van der Waals surface area contributed by atoms with E-state index < -0.39 is 0 Å². The molecule has 0 fully saturated rings. The molecule has 1 aliphatic heterocycles. The summed E-state index contributed by atoms with van der Waals surface area (Å²) >= 11 is 1.66. The molecule has 0 spiro atoms. The van der Waals surface area contributed by atoms with Gasteiger partial charge < -0.3 is 25.7 Å². The lowest BCUT2D eigenvalue weighted by molar-refractivity contribution is -0.0980. The van der Waals surface area contributed by atoms with E-state index in [1.807, 2.05) is 49.3 Å². The van der Waals surface area contributed by atoms with E-state index in [-0.39, 0.29) is 11.7 Å². The average Bonchev–Trinajstić information content (AvgIpc) is 3.01. The first-order valence-electron chi connectivity index (χ1n) is 10.3. The number of phenolic OH excluding ortho intramolecular Hbond substituents is 1. The third kappa shape index (κ3) is 7.06. The van der Waals surface area contributed by atoms with Crippen LogP contribution >= 0.6 is 11.8 Å². The number of hydrogen-bond acceptors (Lipinski definition) is 7. The number of aromatic hydroxyl groups is 1. The Morgan fingerprint density at radius 1 is 1.06 bits per heavy atom. The van der Waals surface area contributed by atoms with Gasteiger partial charge in [-0.15, -0.1) is 11.8 Å². The predicted octanol–water partition coefficient (Wildman–Crippen LogP) is 5.16. The summed E-state index contributed by atoms with van der Waals surface area (Å²) in [5.74, 6) is 1.97. The van der Waals surface area contributed by atoms with Gasteiger partial charge in [-0.2, -0.15) is 0 Å². The van der Waals surface area contributed by atoms with Gasteiger partial charge in [-0.05, 0) is 61.3 Å². The first-order valence-corrected chi connectivity index (χ1v) is 11.2. The molecule has 1 amide bonds. The van der Waals surface area contributed by atoms with Gasteiger partial charge in [0.1, 0.15) is 18.3 Å². The number of rotatable bonds is 6. The minimum atomic E-state index is -0.188. The zero-order valence-electron chi connectivity index (χ0n) is 18.9. The molecular formula is C26H27N3O4S. The SMILES string of the molecule is C=N/C=C(/Cc1ccc2c(c1)NC(=O)c1ccccc1O2)SCc1ccc(O)cc1.C=O.CN. The Morgan fingerprint density at radius 3 is 2.44 bits per heavy atom. The molecule has 176 valence electrons. The van der Waals surface area contributed by atoms with Crippen molar-refractivity contribution < 1.29 is 19.4 Å². The number of para-hydroxylation sites is 1. The molecular weight excluding hydrogens is 450 g/mol. The van der Waals surface area contributed by atoms with Gasteiger partial charge in [0.25, 0.3) is 5.91 Å². The second kappa shape index (κ2) is 13.6. The number of allylic oxidation sites excluding steroid dienone is 1. The number of ether oxygens (including phenoxy) is 1. The molecule has 3 aromatic carbocycles. The number of amides is 1. The van der Waals surface area contributed by atoms with E-state index in [1.165, 1.54) is 7.05 Å². The minimum Gasteiger partial charge on any atom is -0.508 e. The second-order valence-corrected chi connectivity index (χ2v) is 7.89. The van der Waals surface area contributed by atoms with Crippen molar-refractivity contribution in [3.8, 4) is 17.2 Å². The number of carbonyl (C=O) groups is 2. The molecule has 8 heteroatoms. The number of aliphatic imine (C=N–C) groups is 1. The molecule has 3 aromatic rings. The van der Waals surface area contributed by atoms with Crippen LogP contribution in [0.2, 0.25) is 0 Å². The first-order chi connectivity index (χ1) is 16.6. The Morgan fingerprint density at radius 2 is 1.74 bits per heavy atom. The van der Waals surface area contributed by atoms with Crippen LogP contribution in [-0.2, 0) is 17.0 Å². The normalized spacial score (nSPS) is 11.6. The van der Waals surface area contributed by atoms with Gasteiger partial charge in [-0.25, -0.2) is 0 Å². The Bertz CT molecular complexity index is 1150.